The Kier molecular flexibility index (Phi) is 5.59. The minimum atomic E-state index is -0.250. The van der Waals surface area contributed by atoms with Crippen LogP contribution in [-0.4, -0.2) is 28.4 Å². The first kappa shape index (κ1) is 17.1. The van der Waals surface area contributed by atoms with E-state index >= 15 is 0 Å². The normalized spacial score (nSPS) is 22.2. The van der Waals surface area contributed by atoms with Crippen molar-refractivity contribution in [3.8, 4) is 0 Å². The molecule has 0 radical (unpaired) electrons. The zero-order valence-electron chi connectivity index (χ0n) is 14.0. The lowest BCUT2D eigenvalue weighted by atomic mass is 9.99. The van der Waals surface area contributed by atoms with E-state index in [-0.39, 0.29) is 18.0 Å². The third-order valence-electron chi connectivity index (χ3n) is 4.58. The summed E-state index contributed by atoms with van der Waals surface area (Å²) in [6.45, 7) is 2.99. The van der Waals surface area contributed by atoms with Crippen molar-refractivity contribution in [3.63, 3.8) is 0 Å². The van der Waals surface area contributed by atoms with Gasteiger partial charge in [-0.05, 0) is 11.1 Å². The van der Waals surface area contributed by atoms with Gasteiger partial charge in [-0.15, -0.1) is 0 Å². The van der Waals surface area contributed by atoms with E-state index in [0.717, 1.165) is 17.9 Å². The summed E-state index contributed by atoms with van der Waals surface area (Å²) in [7, 11) is 0. The van der Waals surface area contributed by atoms with E-state index < -0.39 is 0 Å². The summed E-state index contributed by atoms with van der Waals surface area (Å²) in [6, 6.07) is 20.1. The number of nitrogens with two attached hydrogens (primary N) is 1. The molecule has 2 N–H and O–H groups in total. The fourth-order valence-electron chi connectivity index (χ4n) is 3.33. The molecular weight excluding hydrogens is 316 g/mol. The highest BCUT2D eigenvalue weighted by atomic mass is 32.2. The Balaban J connectivity index is 1.76. The molecule has 126 valence electrons. The zero-order chi connectivity index (χ0) is 16.9. The summed E-state index contributed by atoms with van der Waals surface area (Å²) in [5.41, 5.74) is 8.49. The zero-order valence-corrected chi connectivity index (χ0v) is 14.8. The number of benzene rings is 2. The Labute approximate surface area is 148 Å². The molecule has 3 unspecified atom stereocenters. The average molecular weight is 340 g/mol. The number of nitrogens with zero attached hydrogens (tertiary/aromatic N) is 1. The van der Waals surface area contributed by atoms with E-state index in [1.54, 1.807) is 0 Å². The fourth-order valence-corrected chi connectivity index (χ4v) is 4.49. The van der Waals surface area contributed by atoms with Crippen LogP contribution >= 0.6 is 11.8 Å². The lowest BCUT2D eigenvalue weighted by molar-refractivity contribution is -0.134. The molecule has 1 aliphatic heterocycles. The van der Waals surface area contributed by atoms with Crippen molar-refractivity contribution >= 4 is 17.7 Å². The smallest absolute Gasteiger partial charge is 0.225 e. The van der Waals surface area contributed by atoms with Crippen LogP contribution < -0.4 is 5.73 Å². The molecular formula is C20H24N2OS. The second kappa shape index (κ2) is 7.86. The van der Waals surface area contributed by atoms with Crippen molar-refractivity contribution in [2.75, 3.05) is 12.3 Å². The van der Waals surface area contributed by atoms with E-state index in [2.05, 4.69) is 19.1 Å². The quantitative estimate of drug-likeness (QED) is 0.921. The number of rotatable bonds is 4. The minimum Gasteiger partial charge on any atom is -0.334 e. The van der Waals surface area contributed by atoms with Gasteiger partial charge in [-0.1, -0.05) is 67.6 Å². The molecule has 3 atom stereocenters. The van der Waals surface area contributed by atoms with Crippen LogP contribution in [-0.2, 0) is 4.79 Å². The maximum Gasteiger partial charge on any atom is 0.225 e. The van der Waals surface area contributed by atoms with Gasteiger partial charge in [-0.25, -0.2) is 0 Å². The second-order valence-electron chi connectivity index (χ2n) is 6.24. The van der Waals surface area contributed by atoms with Crippen molar-refractivity contribution in [2.45, 2.75) is 30.7 Å². The molecule has 1 aliphatic rings. The molecule has 24 heavy (non-hydrogen) atoms. The Bertz CT molecular complexity index is 662. The number of carbonyl (C=O) groups excluding carboxylic acids is 1. The number of amides is 1. The molecule has 0 spiro atoms. The first-order chi connectivity index (χ1) is 11.7. The lowest BCUT2D eigenvalue weighted by Crippen LogP contribution is -2.44. The monoisotopic (exact) mass is 340 g/mol. The highest BCUT2D eigenvalue weighted by molar-refractivity contribution is 8.00. The Morgan fingerprint density at radius 2 is 1.79 bits per heavy atom. The van der Waals surface area contributed by atoms with Gasteiger partial charge in [0.1, 0.15) is 0 Å². The van der Waals surface area contributed by atoms with Crippen molar-refractivity contribution < 1.29 is 4.79 Å². The second-order valence-corrected chi connectivity index (χ2v) is 7.73. The molecule has 0 aromatic heterocycles. The van der Waals surface area contributed by atoms with Gasteiger partial charge in [0, 0.05) is 30.0 Å². The van der Waals surface area contributed by atoms with Gasteiger partial charge in [-0.3, -0.25) is 4.79 Å². The maximum absolute atomic E-state index is 12.9. The molecule has 2 aromatic rings. The van der Waals surface area contributed by atoms with Crippen molar-refractivity contribution in [2.24, 2.45) is 5.73 Å². The molecule has 3 rings (SSSR count). The van der Waals surface area contributed by atoms with E-state index in [0.29, 0.717) is 11.7 Å². The third-order valence-corrected chi connectivity index (χ3v) is 5.78. The first-order valence-electron chi connectivity index (χ1n) is 8.43. The molecule has 2 aromatic carbocycles. The number of hydrogen-bond donors (Lipinski definition) is 1. The minimum absolute atomic E-state index is 0.125. The molecule has 1 fully saturated rings. The molecule has 0 bridgehead atoms. The van der Waals surface area contributed by atoms with E-state index in [4.69, 9.17) is 5.73 Å². The molecule has 1 amide bonds. The SMILES string of the molecule is CC1SCCN(C(=O)CC(N)c2ccccc2)C1c1ccccc1. The van der Waals surface area contributed by atoms with Crippen molar-refractivity contribution in [1.82, 2.24) is 4.90 Å². The van der Waals surface area contributed by atoms with Crippen LogP contribution in [0.2, 0.25) is 0 Å². The number of thioether (sulfide) groups is 1. The molecule has 0 aliphatic carbocycles. The topological polar surface area (TPSA) is 46.3 Å². The summed E-state index contributed by atoms with van der Waals surface area (Å²) >= 11 is 1.93. The standard InChI is InChI=1S/C20H24N2OS/c1-15-20(17-10-6-3-7-11-17)22(12-13-24-15)19(23)14-18(21)16-8-4-2-5-9-16/h2-11,15,18,20H,12-14,21H2,1H3. The summed E-state index contributed by atoms with van der Waals surface area (Å²) in [5, 5.41) is 0.387. The molecule has 1 heterocycles. The van der Waals surface area contributed by atoms with Crippen LogP contribution in [0.25, 0.3) is 0 Å². The first-order valence-corrected chi connectivity index (χ1v) is 9.48. The molecule has 1 saturated heterocycles. The van der Waals surface area contributed by atoms with Crippen LogP contribution in [0, 0.1) is 0 Å². The third kappa shape index (κ3) is 3.82. The average Bonchev–Trinajstić information content (AvgIpc) is 2.63. The van der Waals surface area contributed by atoms with Crippen LogP contribution in [0.4, 0.5) is 0 Å². The highest BCUT2D eigenvalue weighted by Gasteiger charge is 2.33. The van der Waals surface area contributed by atoms with Crippen molar-refractivity contribution in [1.29, 1.82) is 0 Å². The summed E-state index contributed by atoms with van der Waals surface area (Å²) in [6.07, 6.45) is 0.352. The Hall–Kier alpha value is -1.78. The summed E-state index contributed by atoms with van der Waals surface area (Å²) in [5.74, 6) is 1.13. The van der Waals surface area contributed by atoms with Gasteiger partial charge < -0.3 is 10.6 Å². The fraction of sp³-hybridized carbons (Fsp3) is 0.350. The lowest BCUT2D eigenvalue weighted by Gasteiger charge is -2.40. The number of hydrogen-bond acceptors (Lipinski definition) is 3. The van der Waals surface area contributed by atoms with Gasteiger partial charge in [-0.2, -0.15) is 11.8 Å². The van der Waals surface area contributed by atoms with Crippen LogP contribution in [0.1, 0.15) is 36.6 Å². The van der Waals surface area contributed by atoms with E-state index in [9.17, 15) is 4.79 Å². The largest absolute Gasteiger partial charge is 0.334 e. The van der Waals surface area contributed by atoms with E-state index in [1.807, 2.05) is 65.2 Å². The number of carbonyl (C=O) groups is 1. The van der Waals surface area contributed by atoms with Crippen LogP contribution in [0.3, 0.4) is 0 Å². The van der Waals surface area contributed by atoms with Gasteiger partial charge >= 0.3 is 0 Å². The van der Waals surface area contributed by atoms with Gasteiger partial charge in [0.05, 0.1) is 6.04 Å². The summed E-state index contributed by atoms with van der Waals surface area (Å²) in [4.78, 5) is 15.0. The van der Waals surface area contributed by atoms with Crippen LogP contribution in [0.5, 0.6) is 0 Å². The Morgan fingerprint density at radius 1 is 1.17 bits per heavy atom. The summed E-state index contributed by atoms with van der Waals surface area (Å²) < 4.78 is 0. The van der Waals surface area contributed by atoms with Gasteiger partial charge in [0.25, 0.3) is 0 Å². The van der Waals surface area contributed by atoms with Gasteiger partial charge in [0.2, 0.25) is 5.91 Å². The Morgan fingerprint density at radius 3 is 2.46 bits per heavy atom. The molecule has 4 heteroatoms. The molecule has 0 saturated carbocycles. The van der Waals surface area contributed by atoms with Gasteiger partial charge in [0.15, 0.2) is 0 Å². The highest BCUT2D eigenvalue weighted by Crippen LogP contribution is 2.36. The van der Waals surface area contributed by atoms with Crippen LogP contribution in [0.15, 0.2) is 60.7 Å². The van der Waals surface area contributed by atoms with Crippen molar-refractivity contribution in [3.05, 3.63) is 71.8 Å². The predicted octanol–water partition coefficient (Wildman–Crippen LogP) is 3.78. The maximum atomic E-state index is 12.9. The van der Waals surface area contributed by atoms with E-state index in [1.165, 1.54) is 5.56 Å². The molecule has 3 nitrogen and oxygen atoms in total. The predicted molar refractivity (Wildman–Crippen MR) is 101 cm³/mol.